The van der Waals surface area contributed by atoms with E-state index in [1.807, 2.05) is 13.0 Å². The smallest absolute Gasteiger partial charge is 0.303 e. The van der Waals surface area contributed by atoms with Crippen molar-refractivity contribution < 1.29 is 18.3 Å². The number of unbranched alkanes of at least 4 members (excludes halogenated alkanes) is 3. The average Bonchev–Trinajstić information content (AvgIpc) is 3.05. The van der Waals surface area contributed by atoms with Gasteiger partial charge in [-0.2, -0.15) is 9.90 Å². The van der Waals surface area contributed by atoms with Gasteiger partial charge in [-0.25, -0.2) is 8.42 Å². The molecule has 0 radical (unpaired) electrons. The SMILES string of the molecule is CCn1ncc(NS(=O)(=O)c2cccc(CCCCCCC(=O)O)c2)n1. The number of benzene rings is 1. The summed E-state index contributed by atoms with van der Waals surface area (Å²) < 4.78 is 27.4. The van der Waals surface area contributed by atoms with E-state index in [9.17, 15) is 13.2 Å². The van der Waals surface area contributed by atoms with Gasteiger partial charge in [-0.05, 0) is 43.9 Å². The molecule has 9 heteroatoms. The van der Waals surface area contributed by atoms with E-state index in [1.54, 1.807) is 18.2 Å². The average molecular weight is 380 g/mol. The van der Waals surface area contributed by atoms with Gasteiger partial charge in [-0.3, -0.25) is 9.52 Å². The van der Waals surface area contributed by atoms with Crippen LogP contribution >= 0.6 is 0 Å². The number of carboxylic acids is 1. The van der Waals surface area contributed by atoms with Gasteiger partial charge in [0.1, 0.15) is 0 Å². The van der Waals surface area contributed by atoms with Crippen LogP contribution in [0.4, 0.5) is 5.82 Å². The van der Waals surface area contributed by atoms with Gasteiger partial charge in [-0.1, -0.05) is 25.0 Å². The second-order valence-electron chi connectivity index (χ2n) is 5.98. The molecule has 2 rings (SSSR count). The Balaban J connectivity index is 1.91. The minimum Gasteiger partial charge on any atom is -0.481 e. The summed E-state index contributed by atoms with van der Waals surface area (Å²) in [5, 5.41) is 16.6. The molecule has 0 atom stereocenters. The summed E-state index contributed by atoms with van der Waals surface area (Å²) in [6, 6.07) is 6.81. The van der Waals surface area contributed by atoms with Crippen molar-refractivity contribution >= 4 is 21.8 Å². The number of rotatable bonds is 11. The van der Waals surface area contributed by atoms with Crippen LogP contribution in [0.2, 0.25) is 0 Å². The number of aryl methyl sites for hydroxylation is 2. The molecule has 0 aliphatic heterocycles. The van der Waals surface area contributed by atoms with Crippen LogP contribution in [0.5, 0.6) is 0 Å². The van der Waals surface area contributed by atoms with E-state index < -0.39 is 16.0 Å². The van der Waals surface area contributed by atoms with Crippen LogP contribution < -0.4 is 4.72 Å². The molecule has 26 heavy (non-hydrogen) atoms. The largest absolute Gasteiger partial charge is 0.481 e. The number of nitrogens with one attached hydrogen (secondary N) is 1. The molecule has 1 heterocycles. The Bertz CT molecular complexity index is 833. The van der Waals surface area contributed by atoms with Crippen molar-refractivity contribution in [2.45, 2.75) is 56.9 Å². The first-order valence-electron chi connectivity index (χ1n) is 8.64. The molecule has 142 valence electrons. The molecule has 0 spiro atoms. The van der Waals surface area contributed by atoms with Gasteiger partial charge in [0.25, 0.3) is 10.0 Å². The first kappa shape index (κ1) is 19.9. The molecular weight excluding hydrogens is 356 g/mol. The Morgan fingerprint density at radius 3 is 2.69 bits per heavy atom. The third kappa shape index (κ3) is 6.14. The normalized spacial score (nSPS) is 11.4. The number of aromatic nitrogens is 3. The Morgan fingerprint density at radius 1 is 1.23 bits per heavy atom. The van der Waals surface area contributed by atoms with Crippen molar-refractivity contribution in [2.24, 2.45) is 0 Å². The summed E-state index contributed by atoms with van der Waals surface area (Å²) >= 11 is 0. The van der Waals surface area contributed by atoms with E-state index in [2.05, 4.69) is 14.9 Å². The molecule has 0 aliphatic carbocycles. The molecule has 0 fully saturated rings. The van der Waals surface area contributed by atoms with Crippen molar-refractivity contribution in [2.75, 3.05) is 4.72 Å². The van der Waals surface area contributed by atoms with Gasteiger partial charge >= 0.3 is 5.97 Å². The molecule has 1 aromatic carbocycles. The molecule has 8 nitrogen and oxygen atoms in total. The van der Waals surface area contributed by atoms with Crippen molar-refractivity contribution in [3.8, 4) is 0 Å². The Morgan fingerprint density at radius 2 is 2.00 bits per heavy atom. The number of anilines is 1. The van der Waals surface area contributed by atoms with Crippen molar-refractivity contribution in [3.63, 3.8) is 0 Å². The zero-order valence-corrected chi connectivity index (χ0v) is 15.6. The topological polar surface area (TPSA) is 114 Å². The Kier molecular flexibility index (Phi) is 7.14. The summed E-state index contributed by atoms with van der Waals surface area (Å²) in [6.45, 7) is 2.42. The third-order valence-corrected chi connectivity index (χ3v) is 5.23. The maximum Gasteiger partial charge on any atom is 0.303 e. The fraction of sp³-hybridized carbons (Fsp3) is 0.471. The van der Waals surface area contributed by atoms with Crippen LogP contribution in [0.15, 0.2) is 35.4 Å². The lowest BCUT2D eigenvalue weighted by molar-refractivity contribution is -0.137. The molecule has 2 aromatic rings. The van der Waals surface area contributed by atoms with Gasteiger partial charge in [-0.15, -0.1) is 5.10 Å². The number of aliphatic carboxylic acids is 1. The maximum atomic E-state index is 12.5. The molecule has 0 saturated carbocycles. The minimum atomic E-state index is -3.71. The van der Waals surface area contributed by atoms with E-state index in [1.165, 1.54) is 11.0 Å². The molecule has 0 bridgehead atoms. The monoisotopic (exact) mass is 380 g/mol. The van der Waals surface area contributed by atoms with Gasteiger partial charge in [0.05, 0.1) is 17.6 Å². The highest BCUT2D eigenvalue weighted by Crippen LogP contribution is 2.17. The van der Waals surface area contributed by atoms with E-state index >= 15 is 0 Å². The van der Waals surface area contributed by atoms with Crippen LogP contribution in [0.3, 0.4) is 0 Å². The summed E-state index contributed by atoms with van der Waals surface area (Å²) in [5.41, 5.74) is 0.934. The lowest BCUT2D eigenvalue weighted by atomic mass is 10.1. The second-order valence-corrected chi connectivity index (χ2v) is 7.66. The molecule has 0 saturated heterocycles. The van der Waals surface area contributed by atoms with E-state index in [0.717, 1.165) is 31.2 Å². The van der Waals surface area contributed by atoms with Gasteiger partial charge in [0.15, 0.2) is 5.82 Å². The number of sulfonamides is 1. The maximum absolute atomic E-state index is 12.5. The molecular formula is C17H24N4O4S. The molecule has 0 unspecified atom stereocenters. The van der Waals surface area contributed by atoms with Crippen LogP contribution in [-0.4, -0.2) is 34.5 Å². The van der Waals surface area contributed by atoms with Crippen LogP contribution in [-0.2, 0) is 27.8 Å². The third-order valence-electron chi connectivity index (χ3n) is 3.87. The summed E-state index contributed by atoms with van der Waals surface area (Å²) in [5.74, 6) is -0.579. The predicted molar refractivity (Wildman–Crippen MR) is 97.4 cm³/mol. The summed E-state index contributed by atoms with van der Waals surface area (Å²) in [6.07, 6.45) is 5.67. The van der Waals surface area contributed by atoms with Crippen LogP contribution in [0, 0.1) is 0 Å². The predicted octanol–water partition coefficient (Wildman–Crippen LogP) is 2.68. The Labute approximate surface area is 153 Å². The van der Waals surface area contributed by atoms with Crippen molar-refractivity contribution in [1.29, 1.82) is 0 Å². The lowest BCUT2D eigenvalue weighted by Crippen LogP contribution is -2.14. The molecule has 2 N–H and O–H groups in total. The standard InChI is InChI=1S/C17H24N4O4S/c1-2-21-18-13-16(19-21)20-26(24,25)15-10-7-9-14(12-15)8-5-3-4-6-11-17(22)23/h7,9-10,12-13H,2-6,8,11H2,1H3,(H,19,20)(H,22,23). The number of hydrogen-bond acceptors (Lipinski definition) is 5. The minimum absolute atomic E-state index is 0.187. The first-order chi connectivity index (χ1) is 12.4. The van der Waals surface area contributed by atoms with E-state index in [4.69, 9.17) is 5.11 Å². The second kappa shape index (κ2) is 9.33. The number of nitrogens with zero attached hydrogens (tertiary/aromatic N) is 3. The highest BCUT2D eigenvalue weighted by Gasteiger charge is 2.16. The highest BCUT2D eigenvalue weighted by atomic mass is 32.2. The van der Waals surface area contributed by atoms with Gasteiger partial charge in [0, 0.05) is 6.42 Å². The zero-order valence-electron chi connectivity index (χ0n) is 14.8. The fourth-order valence-corrected chi connectivity index (χ4v) is 3.57. The molecule has 0 amide bonds. The number of hydrogen-bond donors (Lipinski definition) is 2. The van der Waals surface area contributed by atoms with Crippen LogP contribution in [0.1, 0.15) is 44.6 Å². The lowest BCUT2D eigenvalue weighted by Gasteiger charge is -2.07. The van der Waals surface area contributed by atoms with Gasteiger partial charge < -0.3 is 5.11 Å². The highest BCUT2D eigenvalue weighted by molar-refractivity contribution is 7.92. The zero-order chi connectivity index (χ0) is 19.0. The first-order valence-corrected chi connectivity index (χ1v) is 10.1. The van der Waals surface area contributed by atoms with E-state index in [0.29, 0.717) is 13.0 Å². The number of carbonyl (C=O) groups is 1. The Hall–Kier alpha value is -2.42. The van der Waals surface area contributed by atoms with Gasteiger partial charge in [0.2, 0.25) is 0 Å². The van der Waals surface area contributed by atoms with Crippen molar-refractivity contribution in [1.82, 2.24) is 15.0 Å². The molecule has 0 aliphatic rings. The van der Waals surface area contributed by atoms with Crippen molar-refractivity contribution in [3.05, 3.63) is 36.0 Å². The van der Waals surface area contributed by atoms with Crippen LogP contribution in [0.25, 0.3) is 0 Å². The molecule has 1 aromatic heterocycles. The van der Waals surface area contributed by atoms with E-state index in [-0.39, 0.29) is 17.1 Å². The summed E-state index contributed by atoms with van der Waals surface area (Å²) in [4.78, 5) is 12.1. The number of carboxylic acid groups (broad SMARTS) is 1. The summed E-state index contributed by atoms with van der Waals surface area (Å²) in [7, 11) is -3.71. The fourth-order valence-electron chi connectivity index (χ4n) is 2.52. The quantitative estimate of drug-likeness (QED) is 0.579.